The van der Waals surface area contributed by atoms with E-state index in [4.69, 9.17) is 18.9 Å². The van der Waals surface area contributed by atoms with Crippen molar-refractivity contribution in [3.8, 4) is 17.2 Å². The summed E-state index contributed by atoms with van der Waals surface area (Å²) < 4.78 is 24.1. The largest absolute Gasteiger partial charge is 0.499 e. The van der Waals surface area contributed by atoms with E-state index in [0.29, 0.717) is 12.3 Å². The lowest BCUT2D eigenvalue weighted by atomic mass is 9.41. The summed E-state index contributed by atoms with van der Waals surface area (Å²) in [6, 6.07) is 5.78. The van der Waals surface area contributed by atoms with Crippen LogP contribution in [0.4, 0.5) is 4.79 Å². The molecule has 1 aromatic carbocycles. The Bertz CT molecular complexity index is 780. The Labute approximate surface area is 177 Å². The number of hydrogen-bond donors (Lipinski definition) is 0. The highest BCUT2D eigenvalue weighted by atomic mass is 16.6. The number of nitrogens with zero attached hydrogens (tertiary/aromatic N) is 1. The number of likely N-dealkylation sites (tertiary alicyclic amines) is 1. The van der Waals surface area contributed by atoms with Crippen LogP contribution >= 0.6 is 0 Å². The molecule has 0 unspecified atom stereocenters. The van der Waals surface area contributed by atoms with Gasteiger partial charge in [0.2, 0.25) is 0 Å². The summed E-state index contributed by atoms with van der Waals surface area (Å²) in [6.45, 7) is 8.31. The Morgan fingerprint density at radius 1 is 1.14 bits per heavy atom. The van der Waals surface area contributed by atoms with E-state index in [1.165, 1.54) is 0 Å². The molecule has 0 aliphatic carbocycles. The first-order valence-corrected chi connectivity index (χ1v) is 10.5. The SMILES string of the molecule is BC1(B)Oc2ccc(O[C@H]3CCN(C(=O)OC(C)(C)C)[C@H](C)C3)cc2OC1(B)B. The molecule has 1 aromatic rings. The van der Waals surface area contributed by atoms with Crippen LogP contribution in [0, 0.1) is 0 Å². The van der Waals surface area contributed by atoms with Crippen LogP contribution in [0.25, 0.3) is 0 Å². The van der Waals surface area contributed by atoms with Crippen molar-refractivity contribution in [3.63, 3.8) is 0 Å². The third-order valence-electron chi connectivity index (χ3n) is 5.85. The molecule has 2 aliphatic heterocycles. The average molecular weight is 397 g/mol. The van der Waals surface area contributed by atoms with Crippen molar-refractivity contribution in [2.24, 2.45) is 0 Å². The van der Waals surface area contributed by atoms with Crippen molar-refractivity contribution < 1.29 is 23.7 Å². The molecule has 1 saturated heterocycles. The van der Waals surface area contributed by atoms with Crippen molar-refractivity contribution >= 4 is 37.5 Å². The molecule has 3 rings (SSSR count). The number of rotatable bonds is 2. The van der Waals surface area contributed by atoms with E-state index in [0.717, 1.165) is 24.3 Å². The predicted molar refractivity (Wildman–Crippen MR) is 123 cm³/mol. The predicted octanol–water partition coefficient (Wildman–Crippen LogP) is -0.535. The summed E-state index contributed by atoms with van der Waals surface area (Å²) in [5, 5.41) is -0.877. The second-order valence-corrected chi connectivity index (χ2v) is 10.1. The number of hydrogen-bond acceptors (Lipinski definition) is 5. The summed E-state index contributed by atoms with van der Waals surface area (Å²) in [5.74, 6) is 2.19. The lowest BCUT2D eigenvalue weighted by Gasteiger charge is -2.47. The molecule has 0 saturated carbocycles. The highest BCUT2D eigenvalue weighted by Crippen LogP contribution is 2.41. The first-order chi connectivity index (χ1) is 13.3. The first kappa shape index (κ1) is 21.8. The summed E-state index contributed by atoms with van der Waals surface area (Å²) in [7, 11) is 8.11. The smallest absolute Gasteiger partial charge is 0.410 e. The quantitative estimate of drug-likeness (QED) is 0.629. The van der Waals surface area contributed by atoms with Gasteiger partial charge in [0.05, 0.1) is 10.8 Å². The topological polar surface area (TPSA) is 57.2 Å². The molecule has 0 spiro atoms. The molecule has 0 N–H and O–H groups in total. The maximum atomic E-state index is 12.4. The van der Waals surface area contributed by atoms with Crippen molar-refractivity contribution in [2.75, 3.05) is 6.54 Å². The number of piperidine rings is 1. The zero-order valence-corrected chi connectivity index (χ0v) is 19.0. The van der Waals surface area contributed by atoms with E-state index in [-0.39, 0.29) is 18.2 Å². The van der Waals surface area contributed by atoms with Gasteiger partial charge in [-0.15, -0.1) is 0 Å². The highest BCUT2D eigenvalue weighted by molar-refractivity contribution is 6.53. The van der Waals surface area contributed by atoms with Gasteiger partial charge in [0, 0.05) is 31.5 Å². The van der Waals surface area contributed by atoms with Crippen molar-refractivity contribution in [1.82, 2.24) is 4.90 Å². The number of benzene rings is 1. The van der Waals surface area contributed by atoms with Gasteiger partial charge in [-0.1, -0.05) is 0 Å². The lowest BCUT2D eigenvalue weighted by Crippen LogP contribution is -2.65. The van der Waals surface area contributed by atoms with Crippen LogP contribution in [0.15, 0.2) is 18.2 Å². The van der Waals surface area contributed by atoms with Gasteiger partial charge < -0.3 is 23.8 Å². The van der Waals surface area contributed by atoms with E-state index in [1.807, 2.05) is 77.3 Å². The fourth-order valence-corrected chi connectivity index (χ4v) is 3.54. The molecule has 154 valence electrons. The van der Waals surface area contributed by atoms with E-state index < -0.39 is 16.4 Å². The van der Waals surface area contributed by atoms with Crippen LogP contribution in [0.1, 0.15) is 40.5 Å². The normalized spacial score (nSPS) is 25.2. The van der Waals surface area contributed by atoms with Crippen LogP contribution < -0.4 is 14.2 Å². The Morgan fingerprint density at radius 2 is 1.76 bits per heavy atom. The number of carbonyl (C=O) groups excluding carboxylic acids is 1. The summed E-state index contributed by atoms with van der Waals surface area (Å²) in [5.41, 5.74) is -0.488. The lowest BCUT2D eigenvalue weighted by molar-refractivity contribution is -0.00115. The van der Waals surface area contributed by atoms with E-state index in [9.17, 15) is 4.79 Å². The molecule has 0 aromatic heterocycles. The van der Waals surface area contributed by atoms with Crippen LogP contribution in [-0.2, 0) is 4.74 Å². The number of fused-ring (bicyclic) bond motifs is 1. The minimum atomic E-state index is -0.488. The van der Waals surface area contributed by atoms with Crippen molar-refractivity contribution in [1.29, 1.82) is 0 Å². The van der Waals surface area contributed by atoms with E-state index in [1.54, 1.807) is 4.90 Å². The fraction of sp³-hybridized carbons (Fsp3) is 0.632. The molecule has 0 radical (unpaired) electrons. The van der Waals surface area contributed by atoms with Crippen LogP contribution in [0.3, 0.4) is 0 Å². The minimum absolute atomic E-state index is 0.0377. The Morgan fingerprint density at radius 3 is 2.34 bits per heavy atom. The molecule has 1 amide bonds. The maximum Gasteiger partial charge on any atom is 0.410 e. The number of amides is 1. The zero-order chi connectivity index (χ0) is 21.6. The van der Waals surface area contributed by atoms with E-state index in [2.05, 4.69) is 0 Å². The van der Waals surface area contributed by atoms with Crippen LogP contribution in [-0.4, -0.2) is 77.5 Å². The molecular weight excluding hydrogens is 365 g/mol. The molecule has 29 heavy (non-hydrogen) atoms. The van der Waals surface area contributed by atoms with Gasteiger partial charge in [0.1, 0.15) is 48.8 Å². The summed E-state index contributed by atoms with van der Waals surface area (Å²) in [6.07, 6.45) is 1.30. The Kier molecular flexibility index (Phi) is 5.61. The summed E-state index contributed by atoms with van der Waals surface area (Å²) in [4.78, 5) is 14.2. The van der Waals surface area contributed by atoms with Gasteiger partial charge in [0.15, 0.2) is 11.5 Å². The second kappa shape index (κ2) is 7.44. The van der Waals surface area contributed by atoms with Gasteiger partial charge in [0.25, 0.3) is 0 Å². The maximum absolute atomic E-state index is 12.4. The molecule has 1 fully saturated rings. The van der Waals surface area contributed by atoms with Crippen molar-refractivity contribution in [2.45, 2.75) is 69.1 Å². The van der Waals surface area contributed by atoms with Gasteiger partial charge in [-0.3, -0.25) is 0 Å². The third kappa shape index (κ3) is 4.84. The standard InChI is InChI=1S/C19H31B4NO5/c1-11-9-13(7-8-24(11)16(25)29-17(2,3)4)26-12-5-6-14-15(10-12)28-19(22,23)18(20,21)27-14/h5-6,10-11,13H,7-9,20-23H2,1-4H3/t11-,13+/m1/s1. The summed E-state index contributed by atoms with van der Waals surface area (Å²) >= 11 is 0. The molecule has 0 bridgehead atoms. The van der Waals surface area contributed by atoms with Crippen molar-refractivity contribution in [3.05, 3.63) is 18.2 Å². The van der Waals surface area contributed by atoms with Gasteiger partial charge in [-0.05, 0) is 39.8 Å². The second-order valence-electron chi connectivity index (χ2n) is 10.1. The number of carbonyl (C=O) groups is 1. The molecule has 2 atom stereocenters. The first-order valence-electron chi connectivity index (χ1n) is 10.5. The molecule has 6 nitrogen and oxygen atoms in total. The van der Waals surface area contributed by atoms with E-state index >= 15 is 0 Å². The van der Waals surface area contributed by atoms with Gasteiger partial charge in [-0.2, -0.15) is 0 Å². The fourth-order valence-electron chi connectivity index (χ4n) is 3.54. The van der Waals surface area contributed by atoms with Crippen LogP contribution in [0.2, 0.25) is 0 Å². The molecule has 2 aliphatic rings. The highest BCUT2D eigenvalue weighted by Gasteiger charge is 2.44. The zero-order valence-electron chi connectivity index (χ0n) is 19.0. The molecule has 2 heterocycles. The van der Waals surface area contributed by atoms with Crippen LogP contribution in [0.5, 0.6) is 17.2 Å². The average Bonchev–Trinajstić information content (AvgIpc) is 2.54. The van der Waals surface area contributed by atoms with Gasteiger partial charge >= 0.3 is 6.09 Å². The Balaban J connectivity index is 1.63. The Hall–Kier alpha value is -1.85. The van der Waals surface area contributed by atoms with Gasteiger partial charge in [-0.25, -0.2) is 4.79 Å². The number of ether oxygens (including phenoxy) is 4. The monoisotopic (exact) mass is 397 g/mol. The third-order valence-corrected chi connectivity index (χ3v) is 5.85. The molecule has 10 heteroatoms. The minimum Gasteiger partial charge on any atom is -0.499 e. The molecular formula is C19H31B4NO5.